The molecule has 5 rings (SSSR count). The van der Waals surface area contributed by atoms with Crippen molar-refractivity contribution in [3.8, 4) is 0 Å². The fraction of sp³-hybridized carbons (Fsp3) is 0.219. The number of aromatic amines is 1. The van der Waals surface area contributed by atoms with E-state index in [1.54, 1.807) is 0 Å². The largest absolute Gasteiger partial charge is 0.365 e. The van der Waals surface area contributed by atoms with Crippen molar-refractivity contribution in [1.82, 2.24) is 19.7 Å². The van der Waals surface area contributed by atoms with Crippen LogP contribution in [0, 0.1) is 5.82 Å². The average Bonchev–Trinajstić information content (AvgIpc) is 3.59. The third-order valence-corrected chi connectivity index (χ3v) is 7.13. The molecule has 3 N–H and O–H groups in total. The minimum absolute atomic E-state index is 0.197. The maximum atomic E-state index is 13.6. The van der Waals surface area contributed by atoms with Crippen molar-refractivity contribution < 1.29 is 4.39 Å². The number of nitrogens with one attached hydrogen (secondary N) is 3. The van der Waals surface area contributed by atoms with Crippen LogP contribution in [0.1, 0.15) is 54.4 Å². The van der Waals surface area contributed by atoms with Gasteiger partial charge in [-0.2, -0.15) is 5.10 Å². The molecule has 0 bridgehead atoms. The van der Waals surface area contributed by atoms with Crippen molar-refractivity contribution in [3.05, 3.63) is 126 Å². The summed E-state index contributed by atoms with van der Waals surface area (Å²) < 4.78 is 15.6. The lowest BCUT2D eigenvalue weighted by atomic mass is 9.94. The van der Waals surface area contributed by atoms with Gasteiger partial charge < -0.3 is 20.5 Å². The quantitative estimate of drug-likeness (QED) is 0.203. The van der Waals surface area contributed by atoms with Crippen molar-refractivity contribution in [3.63, 3.8) is 0 Å². The van der Waals surface area contributed by atoms with Gasteiger partial charge >= 0.3 is 0 Å². The molecule has 4 aromatic rings. The van der Waals surface area contributed by atoms with Gasteiger partial charge in [0.2, 0.25) is 0 Å². The molecule has 3 heterocycles. The molecule has 39 heavy (non-hydrogen) atoms. The van der Waals surface area contributed by atoms with Crippen LogP contribution in [-0.4, -0.2) is 26.2 Å². The van der Waals surface area contributed by atoms with Gasteiger partial charge in [0.05, 0.1) is 23.6 Å². The molecule has 0 radical (unpaired) electrons. The molecule has 0 spiro atoms. The summed E-state index contributed by atoms with van der Waals surface area (Å²) in [6.45, 7) is 19.1. The molecular weight excluding hydrogens is 487 g/mol. The zero-order chi connectivity index (χ0) is 27.5. The molecule has 1 aliphatic rings. The molecule has 1 aliphatic heterocycles. The zero-order valence-corrected chi connectivity index (χ0v) is 22.6. The molecule has 0 saturated heterocycles. The van der Waals surface area contributed by atoms with Crippen molar-refractivity contribution in [2.24, 2.45) is 0 Å². The Morgan fingerprint density at radius 1 is 1.05 bits per heavy atom. The number of aromatic nitrogens is 3. The highest BCUT2D eigenvalue weighted by atomic mass is 19.1. The number of halogens is 1. The summed E-state index contributed by atoms with van der Waals surface area (Å²) >= 11 is 0. The van der Waals surface area contributed by atoms with E-state index in [0.29, 0.717) is 13.1 Å². The topological polar surface area (TPSA) is 60.9 Å². The number of fused-ring (bicyclic) bond motifs is 1. The Morgan fingerprint density at radius 3 is 2.49 bits per heavy atom. The van der Waals surface area contributed by atoms with Gasteiger partial charge in [0.15, 0.2) is 0 Å². The van der Waals surface area contributed by atoms with Crippen LogP contribution >= 0.6 is 0 Å². The van der Waals surface area contributed by atoms with Crippen LogP contribution in [0.2, 0.25) is 0 Å². The Labute approximate surface area is 229 Å². The summed E-state index contributed by atoms with van der Waals surface area (Å²) in [4.78, 5) is 5.57. The monoisotopic (exact) mass is 522 g/mol. The fourth-order valence-electron chi connectivity index (χ4n) is 5.10. The first kappa shape index (κ1) is 26.1. The third-order valence-electron chi connectivity index (χ3n) is 7.13. The van der Waals surface area contributed by atoms with E-state index in [4.69, 9.17) is 5.10 Å². The Balaban J connectivity index is 1.48. The van der Waals surface area contributed by atoms with E-state index in [-0.39, 0.29) is 11.7 Å². The molecule has 0 saturated carbocycles. The molecular formula is C32H35FN6. The van der Waals surface area contributed by atoms with Gasteiger partial charge in [-0.05, 0) is 54.4 Å². The van der Waals surface area contributed by atoms with Crippen LogP contribution in [0.4, 0.5) is 15.8 Å². The third kappa shape index (κ3) is 5.67. The molecule has 7 heteroatoms. The number of allylic oxidation sites excluding steroid dienone is 1. The summed E-state index contributed by atoms with van der Waals surface area (Å²) in [5.74, 6) is -0.0480. The lowest BCUT2D eigenvalue weighted by Gasteiger charge is -2.34. The first-order chi connectivity index (χ1) is 18.8. The first-order valence-corrected chi connectivity index (χ1v) is 13.2. The minimum Gasteiger partial charge on any atom is -0.365 e. The summed E-state index contributed by atoms with van der Waals surface area (Å²) in [5, 5.41) is 11.9. The Bertz CT molecular complexity index is 1500. The van der Waals surface area contributed by atoms with Gasteiger partial charge in [-0.1, -0.05) is 51.8 Å². The minimum atomic E-state index is -0.245. The van der Waals surface area contributed by atoms with E-state index < -0.39 is 0 Å². The van der Waals surface area contributed by atoms with Crippen molar-refractivity contribution in [2.45, 2.75) is 39.3 Å². The number of H-pyrrole nitrogens is 1. The number of rotatable bonds is 10. The highest BCUT2D eigenvalue weighted by Gasteiger charge is 2.31. The average molecular weight is 523 g/mol. The van der Waals surface area contributed by atoms with E-state index in [1.807, 2.05) is 59.4 Å². The van der Waals surface area contributed by atoms with Crippen LogP contribution in [0.25, 0.3) is 11.4 Å². The van der Waals surface area contributed by atoms with E-state index in [1.165, 1.54) is 17.8 Å². The maximum absolute atomic E-state index is 13.6. The summed E-state index contributed by atoms with van der Waals surface area (Å²) in [6, 6.07) is 18.7. The van der Waals surface area contributed by atoms with Crippen LogP contribution in [0.3, 0.4) is 0 Å². The highest BCUT2D eigenvalue weighted by molar-refractivity contribution is 5.77. The maximum Gasteiger partial charge on any atom is 0.123 e. The predicted octanol–water partition coefficient (Wildman–Crippen LogP) is 7.41. The second-order valence-electron chi connectivity index (χ2n) is 10.1. The van der Waals surface area contributed by atoms with Crippen molar-refractivity contribution in [1.29, 1.82) is 0 Å². The number of anilines is 2. The number of hydrogen-bond acceptors (Lipinski definition) is 4. The van der Waals surface area contributed by atoms with Crippen molar-refractivity contribution in [2.75, 3.05) is 17.2 Å². The Hall–Kier alpha value is -4.52. The number of benzene rings is 2. The molecule has 2 aromatic heterocycles. The molecule has 1 atom stereocenters. The zero-order valence-electron chi connectivity index (χ0n) is 22.6. The van der Waals surface area contributed by atoms with E-state index in [0.717, 1.165) is 63.9 Å². The standard InChI is InChI=1S/C32H35FN6/c1-6-22(3)35-27-9-7-10-28(17-27)36-23(4)31-29-20-38(24(5)30-11-8-16-34-30)18-21(2)32(29)39(37-31)19-25-12-14-26(33)15-13-25/h7-17,21,34-36H,3-6,18-20H2,1-2H3. The van der Waals surface area contributed by atoms with Gasteiger partial charge in [-0.25, -0.2) is 4.39 Å². The van der Waals surface area contributed by atoms with Crippen LogP contribution in [0.15, 0.2) is 92.3 Å². The molecule has 6 nitrogen and oxygen atoms in total. The van der Waals surface area contributed by atoms with E-state index in [2.05, 4.69) is 54.1 Å². The van der Waals surface area contributed by atoms with Crippen LogP contribution < -0.4 is 10.6 Å². The van der Waals surface area contributed by atoms with Crippen LogP contribution in [0.5, 0.6) is 0 Å². The Morgan fingerprint density at radius 2 is 1.79 bits per heavy atom. The molecule has 1 unspecified atom stereocenters. The van der Waals surface area contributed by atoms with Gasteiger partial charge in [-0.15, -0.1) is 0 Å². The van der Waals surface area contributed by atoms with Gasteiger partial charge in [0, 0.05) is 53.5 Å². The SMILES string of the molecule is C=C(CC)Nc1cccc(NC(=C)c2nn(Cc3ccc(F)cc3)c3c2CN(C(=C)c2ccc[nH]2)CC3C)c1. The lowest BCUT2D eigenvalue weighted by Crippen LogP contribution is -2.32. The van der Waals surface area contributed by atoms with E-state index in [9.17, 15) is 4.39 Å². The number of hydrogen-bond donors (Lipinski definition) is 3. The second-order valence-corrected chi connectivity index (χ2v) is 10.1. The van der Waals surface area contributed by atoms with E-state index >= 15 is 0 Å². The Kier molecular flexibility index (Phi) is 7.41. The van der Waals surface area contributed by atoms with Gasteiger partial charge in [0.1, 0.15) is 11.5 Å². The summed E-state index contributed by atoms with van der Waals surface area (Å²) in [6.07, 6.45) is 2.76. The fourth-order valence-corrected chi connectivity index (χ4v) is 5.10. The highest BCUT2D eigenvalue weighted by Crippen LogP contribution is 2.36. The van der Waals surface area contributed by atoms with Crippen LogP contribution in [-0.2, 0) is 13.1 Å². The summed E-state index contributed by atoms with van der Waals surface area (Å²) in [7, 11) is 0. The normalized spacial score (nSPS) is 14.5. The number of nitrogens with zero attached hydrogens (tertiary/aromatic N) is 3. The van der Waals surface area contributed by atoms with Crippen molar-refractivity contribution >= 4 is 22.8 Å². The molecule has 2 aromatic carbocycles. The predicted molar refractivity (Wildman–Crippen MR) is 159 cm³/mol. The van der Waals surface area contributed by atoms with Gasteiger partial charge in [0.25, 0.3) is 0 Å². The smallest absolute Gasteiger partial charge is 0.123 e. The molecule has 0 aliphatic carbocycles. The first-order valence-electron chi connectivity index (χ1n) is 13.2. The van der Waals surface area contributed by atoms with Gasteiger partial charge in [-0.3, -0.25) is 4.68 Å². The molecule has 0 fully saturated rings. The summed E-state index contributed by atoms with van der Waals surface area (Å²) in [5.41, 5.74) is 9.59. The molecule has 200 valence electrons. The lowest BCUT2D eigenvalue weighted by molar-refractivity contribution is 0.333. The second kappa shape index (κ2) is 11.1. The molecule has 0 amide bonds.